The van der Waals surface area contributed by atoms with Crippen molar-refractivity contribution in [2.45, 2.75) is 26.3 Å². The molecule has 0 spiro atoms. The molecule has 0 saturated heterocycles. The van der Waals surface area contributed by atoms with Crippen molar-refractivity contribution in [1.82, 2.24) is 14.9 Å². The Bertz CT molecular complexity index is 994. The fourth-order valence-electron chi connectivity index (χ4n) is 3.27. The van der Waals surface area contributed by atoms with E-state index in [-0.39, 0.29) is 5.91 Å². The average Bonchev–Trinajstić information content (AvgIpc) is 3.24. The standard InChI is InChI=1S/C19H20N4O3S/c1-2-26-19(25)22-18-21-15-7-8-23(11-16(15)27-18)17(24)9-12-10-20-14-6-4-3-5-13(12)14/h3-6,10,20H,2,7-9,11H2,1H3,(H,21,22,25). The maximum atomic E-state index is 12.8. The van der Waals surface area contributed by atoms with Crippen molar-refractivity contribution in [2.24, 2.45) is 0 Å². The van der Waals surface area contributed by atoms with Gasteiger partial charge in [0.25, 0.3) is 0 Å². The number of fused-ring (bicyclic) bond motifs is 2. The highest BCUT2D eigenvalue weighted by molar-refractivity contribution is 7.15. The molecule has 3 aromatic rings. The SMILES string of the molecule is CCOC(=O)Nc1nc2c(s1)CN(C(=O)Cc1c[nH]c3ccccc13)CC2. The van der Waals surface area contributed by atoms with Crippen LogP contribution in [0.5, 0.6) is 0 Å². The lowest BCUT2D eigenvalue weighted by Crippen LogP contribution is -2.36. The van der Waals surface area contributed by atoms with E-state index >= 15 is 0 Å². The second-order valence-corrected chi connectivity index (χ2v) is 7.42. The fourth-order valence-corrected chi connectivity index (χ4v) is 4.28. The number of thiazole rings is 1. The van der Waals surface area contributed by atoms with E-state index in [2.05, 4.69) is 15.3 Å². The minimum Gasteiger partial charge on any atom is -0.450 e. The van der Waals surface area contributed by atoms with E-state index in [9.17, 15) is 9.59 Å². The quantitative estimate of drug-likeness (QED) is 0.722. The molecule has 2 N–H and O–H groups in total. The van der Waals surface area contributed by atoms with Gasteiger partial charge in [-0.3, -0.25) is 10.1 Å². The molecular weight excluding hydrogens is 364 g/mol. The van der Waals surface area contributed by atoms with Gasteiger partial charge in [0, 0.05) is 34.9 Å². The summed E-state index contributed by atoms with van der Waals surface area (Å²) in [6, 6.07) is 7.99. The Morgan fingerprint density at radius 2 is 2.22 bits per heavy atom. The number of rotatable bonds is 4. The molecule has 1 aromatic carbocycles. The number of para-hydroxylation sites is 1. The molecule has 0 bridgehead atoms. The van der Waals surface area contributed by atoms with E-state index in [4.69, 9.17) is 4.74 Å². The van der Waals surface area contributed by atoms with Gasteiger partial charge in [0.1, 0.15) is 0 Å². The van der Waals surface area contributed by atoms with E-state index in [1.807, 2.05) is 35.4 Å². The van der Waals surface area contributed by atoms with Gasteiger partial charge in [-0.25, -0.2) is 9.78 Å². The molecule has 8 heteroatoms. The van der Waals surface area contributed by atoms with Gasteiger partial charge in [-0.05, 0) is 18.6 Å². The molecule has 7 nitrogen and oxygen atoms in total. The van der Waals surface area contributed by atoms with Crippen LogP contribution in [0.3, 0.4) is 0 Å². The summed E-state index contributed by atoms with van der Waals surface area (Å²) in [4.78, 5) is 34.9. The minimum atomic E-state index is -0.504. The predicted molar refractivity (Wildman–Crippen MR) is 104 cm³/mol. The predicted octanol–water partition coefficient (Wildman–Crippen LogP) is 3.32. The molecule has 0 unspecified atom stereocenters. The molecule has 0 atom stereocenters. The maximum Gasteiger partial charge on any atom is 0.413 e. The van der Waals surface area contributed by atoms with Crippen molar-refractivity contribution in [3.05, 3.63) is 46.6 Å². The Labute approximate surface area is 160 Å². The van der Waals surface area contributed by atoms with Crippen LogP contribution in [0.25, 0.3) is 10.9 Å². The third kappa shape index (κ3) is 3.66. The van der Waals surface area contributed by atoms with Crippen LogP contribution in [0.4, 0.5) is 9.93 Å². The van der Waals surface area contributed by atoms with Crippen LogP contribution in [-0.2, 0) is 28.9 Å². The molecule has 0 aliphatic carbocycles. The second kappa shape index (κ2) is 7.40. The number of aromatic nitrogens is 2. The second-order valence-electron chi connectivity index (χ2n) is 6.34. The van der Waals surface area contributed by atoms with Crippen LogP contribution in [0.2, 0.25) is 0 Å². The Hall–Kier alpha value is -2.87. The van der Waals surface area contributed by atoms with Gasteiger partial charge >= 0.3 is 6.09 Å². The third-order valence-electron chi connectivity index (χ3n) is 4.58. The van der Waals surface area contributed by atoms with Crippen LogP contribution >= 0.6 is 11.3 Å². The summed E-state index contributed by atoms with van der Waals surface area (Å²) in [6.45, 7) is 3.23. The lowest BCUT2D eigenvalue weighted by atomic mass is 10.1. The Morgan fingerprint density at radius 3 is 3.07 bits per heavy atom. The molecule has 140 valence electrons. The summed E-state index contributed by atoms with van der Waals surface area (Å²) in [5, 5.41) is 4.24. The highest BCUT2D eigenvalue weighted by atomic mass is 32.1. The van der Waals surface area contributed by atoms with Crippen LogP contribution in [0, 0.1) is 0 Å². The number of H-pyrrole nitrogens is 1. The monoisotopic (exact) mass is 384 g/mol. The van der Waals surface area contributed by atoms with Gasteiger partial charge in [0.05, 0.1) is 25.3 Å². The fraction of sp³-hybridized carbons (Fsp3) is 0.316. The van der Waals surface area contributed by atoms with Crippen molar-refractivity contribution in [3.8, 4) is 0 Å². The number of amides is 2. The molecule has 2 aromatic heterocycles. The first-order valence-electron chi connectivity index (χ1n) is 8.89. The maximum absolute atomic E-state index is 12.8. The van der Waals surface area contributed by atoms with Crippen molar-refractivity contribution in [2.75, 3.05) is 18.5 Å². The molecule has 0 radical (unpaired) electrons. The molecule has 1 aliphatic heterocycles. The van der Waals surface area contributed by atoms with E-state index in [0.29, 0.717) is 37.7 Å². The number of aromatic amines is 1. The highest BCUT2D eigenvalue weighted by Crippen LogP contribution is 2.29. The van der Waals surface area contributed by atoms with Crippen molar-refractivity contribution < 1.29 is 14.3 Å². The first-order chi connectivity index (χ1) is 13.1. The number of ether oxygens (including phenoxy) is 1. The van der Waals surface area contributed by atoms with Crippen LogP contribution in [0.1, 0.15) is 23.1 Å². The van der Waals surface area contributed by atoms with E-state index < -0.39 is 6.09 Å². The van der Waals surface area contributed by atoms with Crippen LogP contribution in [0.15, 0.2) is 30.5 Å². The molecule has 0 fully saturated rings. The summed E-state index contributed by atoms with van der Waals surface area (Å²) < 4.78 is 4.88. The zero-order valence-corrected chi connectivity index (χ0v) is 15.8. The number of nitrogens with one attached hydrogen (secondary N) is 2. The van der Waals surface area contributed by atoms with Gasteiger partial charge in [-0.2, -0.15) is 0 Å². The molecule has 3 heterocycles. The number of hydrogen-bond acceptors (Lipinski definition) is 5. The van der Waals surface area contributed by atoms with Gasteiger partial charge in [-0.15, -0.1) is 0 Å². The van der Waals surface area contributed by atoms with Gasteiger partial charge in [-0.1, -0.05) is 29.5 Å². The molecule has 1 aliphatic rings. The van der Waals surface area contributed by atoms with Crippen molar-refractivity contribution in [3.63, 3.8) is 0 Å². The molecule has 27 heavy (non-hydrogen) atoms. The number of nitrogens with zero attached hydrogens (tertiary/aromatic N) is 2. The number of carbonyl (C=O) groups is 2. The zero-order chi connectivity index (χ0) is 18.8. The number of carbonyl (C=O) groups excluding carboxylic acids is 2. The number of hydrogen-bond donors (Lipinski definition) is 2. The smallest absolute Gasteiger partial charge is 0.413 e. The van der Waals surface area contributed by atoms with E-state index in [1.165, 1.54) is 11.3 Å². The largest absolute Gasteiger partial charge is 0.450 e. The zero-order valence-electron chi connectivity index (χ0n) is 14.9. The Morgan fingerprint density at radius 1 is 1.37 bits per heavy atom. The summed E-state index contributed by atoms with van der Waals surface area (Å²) in [6.07, 6.45) is 2.46. The van der Waals surface area contributed by atoms with Crippen LogP contribution < -0.4 is 5.32 Å². The van der Waals surface area contributed by atoms with Crippen molar-refractivity contribution in [1.29, 1.82) is 0 Å². The van der Waals surface area contributed by atoms with E-state index in [1.54, 1.807) is 6.92 Å². The van der Waals surface area contributed by atoms with E-state index in [0.717, 1.165) is 27.0 Å². The highest BCUT2D eigenvalue weighted by Gasteiger charge is 2.25. The Balaban J connectivity index is 1.43. The molecular formula is C19H20N4O3S. The van der Waals surface area contributed by atoms with Gasteiger partial charge in [0.15, 0.2) is 5.13 Å². The van der Waals surface area contributed by atoms with Gasteiger partial charge in [0.2, 0.25) is 5.91 Å². The summed E-state index contributed by atoms with van der Waals surface area (Å²) >= 11 is 1.40. The number of benzene rings is 1. The third-order valence-corrected chi connectivity index (χ3v) is 5.58. The minimum absolute atomic E-state index is 0.0960. The van der Waals surface area contributed by atoms with Gasteiger partial charge < -0.3 is 14.6 Å². The summed E-state index contributed by atoms with van der Waals surface area (Å²) in [5.74, 6) is 0.0960. The number of anilines is 1. The summed E-state index contributed by atoms with van der Waals surface area (Å²) in [5.41, 5.74) is 3.00. The topological polar surface area (TPSA) is 87.3 Å². The molecule has 2 amide bonds. The van der Waals surface area contributed by atoms with Crippen molar-refractivity contribution >= 4 is 39.4 Å². The molecule has 0 saturated carbocycles. The molecule has 4 rings (SSSR count). The first-order valence-corrected chi connectivity index (χ1v) is 9.71. The van der Waals surface area contributed by atoms with Crippen LogP contribution in [-0.4, -0.2) is 40.0 Å². The summed E-state index contributed by atoms with van der Waals surface area (Å²) in [7, 11) is 0. The first kappa shape index (κ1) is 17.5. The normalized spacial score (nSPS) is 13.4. The average molecular weight is 384 g/mol. The Kier molecular flexibility index (Phi) is 4.81. The lowest BCUT2D eigenvalue weighted by molar-refractivity contribution is -0.131. The lowest BCUT2D eigenvalue weighted by Gasteiger charge is -2.26.